The maximum absolute atomic E-state index is 6.11. The molecule has 116 valence electrons. The number of anilines is 2. The first-order valence-electron chi connectivity index (χ1n) is 8.14. The summed E-state index contributed by atoms with van der Waals surface area (Å²) in [6.07, 6.45) is 6.69. The molecular weight excluding hydrogens is 272 g/mol. The van der Waals surface area contributed by atoms with Crippen LogP contribution in [0.15, 0.2) is 48.5 Å². The standard InChI is InChI=1S/C19H24N2O/c20-16-11-9-15(10-12-16)14-21-17-5-4-8-19(13-17)22-18-6-2-1-3-7-18/h4-5,8-13,18,21H,1-3,6-7,14,20H2. The molecule has 0 unspecified atom stereocenters. The van der Waals surface area contributed by atoms with E-state index in [1.54, 1.807) is 0 Å². The molecule has 1 saturated carbocycles. The topological polar surface area (TPSA) is 47.3 Å². The van der Waals surface area contributed by atoms with E-state index in [0.29, 0.717) is 6.10 Å². The van der Waals surface area contributed by atoms with E-state index in [4.69, 9.17) is 10.5 Å². The summed E-state index contributed by atoms with van der Waals surface area (Å²) >= 11 is 0. The number of ether oxygens (including phenoxy) is 1. The maximum atomic E-state index is 6.11. The first-order chi connectivity index (χ1) is 10.8. The van der Waals surface area contributed by atoms with Crippen LogP contribution in [-0.4, -0.2) is 6.10 Å². The van der Waals surface area contributed by atoms with Crippen LogP contribution in [0.5, 0.6) is 5.75 Å². The van der Waals surface area contributed by atoms with Crippen LogP contribution in [0.3, 0.4) is 0 Å². The number of benzene rings is 2. The van der Waals surface area contributed by atoms with E-state index in [0.717, 1.165) is 23.7 Å². The van der Waals surface area contributed by atoms with Gasteiger partial charge < -0.3 is 15.8 Å². The van der Waals surface area contributed by atoms with Crippen molar-refractivity contribution in [3.05, 3.63) is 54.1 Å². The van der Waals surface area contributed by atoms with Crippen LogP contribution in [0.25, 0.3) is 0 Å². The molecule has 0 bridgehead atoms. The molecule has 0 spiro atoms. The van der Waals surface area contributed by atoms with Crippen molar-refractivity contribution in [3.8, 4) is 5.75 Å². The van der Waals surface area contributed by atoms with Crippen LogP contribution in [0.1, 0.15) is 37.7 Å². The van der Waals surface area contributed by atoms with Gasteiger partial charge in [-0.05, 0) is 55.5 Å². The summed E-state index contributed by atoms with van der Waals surface area (Å²) in [6.45, 7) is 0.785. The molecule has 0 radical (unpaired) electrons. The lowest BCUT2D eigenvalue weighted by Crippen LogP contribution is -2.19. The van der Waals surface area contributed by atoms with E-state index in [9.17, 15) is 0 Å². The molecule has 0 amide bonds. The summed E-state index contributed by atoms with van der Waals surface area (Å²) in [5.74, 6) is 0.967. The second-order valence-corrected chi connectivity index (χ2v) is 6.00. The monoisotopic (exact) mass is 296 g/mol. The highest BCUT2D eigenvalue weighted by atomic mass is 16.5. The highest BCUT2D eigenvalue weighted by Gasteiger charge is 2.14. The van der Waals surface area contributed by atoms with E-state index in [2.05, 4.69) is 17.4 Å². The molecule has 3 heteroatoms. The Balaban J connectivity index is 1.57. The van der Waals surface area contributed by atoms with Gasteiger partial charge in [0.15, 0.2) is 0 Å². The fraction of sp³-hybridized carbons (Fsp3) is 0.368. The number of hydrogen-bond donors (Lipinski definition) is 2. The van der Waals surface area contributed by atoms with Crippen LogP contribution in [-0.2, 0) is 6.54 Å². The van der Waals surface area contributed by atoms with Crippen molar-refractivity contribution in [3.63, 3.8) is 0 Å². The Hall–Kier alpha value is -2.16. The lowest BCUT2D eigenvalue weighted by atomic mass is 9.98. The number of rotatable bonds is 5. The maximum Gasteiger partial charge on any atom is 0.121 e. The lowest BCUT2D eigenvalue weighted by Gasteiger charge is -2.23. The van der Waals surface area contributed by atoms with Gasteiger partial charge >= 0.3 is 0 Å². The highest BCUT2D eigenvalue weighted by molar-refractivity contribution is 5.49. The second-order valence-electron chi connectivity index (χ2n) is 6.00. The van der Waals surface area contributed by atoms with E-state index in [1.165, 1.54) is 37.7 Å². The fourth-order valence-electron chi connectivity index (χ4n) is 2.89. The first kappa shape index (κ1) is 14.8. The predicted octanol–water partition coefficient (Wildman–Crippen LogP) is 4.59. The minimum atomic E-state index is 0.390. The van der Waals surface area contributed by atoms with E-state index >= 15 is 0 Å². The summed E-state index contributed by atoms with van der Waals surface area (Å²) in [5.41, 5.74) is 8.81. The van der Waals surface area contributed by atoms with Gasteiger partial charge in [0.2, 0.25) is 0 Å². The van der Waals surface area contributed by atoms with Crippen LogP contribution in [0.4, 0.5) is 11.4 Å². The SMILES string of the molecule is Nc1ccc(CNc2cccc(OC3CCCCC3)c2)cc1. The van der Waals surface area contributed by atoms with Crippen molar-refractivity contribution >= 4 is 11.4 Å². The summed E-state index contributed by atoms with van der Waals surface area (Å²) in [5, 5.41) is 3.44. The van der Waals surface area contributed by atoms with Crippen molar-refractivity contribution < 1.29 is 4.74 Å². The number of hydrogen-bond acceptors (Lipinski definition) is 3. The Labute approximate surface area is 132 Å². The second kappa shape index (κ2) is 7.21. The molecule has 2 aromatic carbocycles. The van der Waals surface area contributed by atoms with Crippen molar-refractivity contribution in [1.29, 1.82) is 0 Å². The molecule has 3 N–H and O–H groups in total. The smallest absolute Gasteiger partial charge is 0.121 e. The minimum absolute atomic E-state index is 0.390. The quantitative estimate of drug-likeness (QED) is 0.793. The minimum Gasteiger partial charge on any atom is -0.490 e. The average Bonchev–Trinajstić information content (AvgIpc) is 2.56. The van der Waals surface area contributed by atoms with Gasteiger partial charge in [-0.3, -0.25) is 0 Å². The predicted molar refractivity (Wildman–Crippen MR) is 92.1 cm³/mol. The van der Waals surface area contributed by atoms with Crippen molar-refractivity contribution in [1.82, 2.24) is 0 Å². The van der Waals surface area contributed by atoms with Crippen LogP contribution < -0.4 is 15.8 Å². The molecule has 0 heterocycles. The molecule has 0 saturated heterocycles. The zero-order valence-electron chi connectivity index (χ0n) is 12.9. The zero-order chi connectivity index (χ0) is 15.2. The van der Waals surface area contributed by atoms with E-state index in [-0.39, 0.29) is 0 Å². The molecule has 1 fully saturated rings. The molecule has 0 atom stereocenters. The summed E-state index contributed by atoms with van der Waals surface area (Å²) < 4.78 is 6.11. The normalized spacial score (nSPS) is 15.5. The largest absolute Gasteiger partial charge is 0.490 e. The van der Waals surface area contributed by atoms with Gasteiger partial charge in [0, 0.05) is 24.0 Å². The Morgan fingerprint density at radius 3 is 2.55 bits per heavy atom. The van der Waals surface area contributed by atoms with Crippen LogP contribution in [0, 0.1) is 0 Å². The number of nitrogen functional groups attached to an aromatic ring is 1. The van der Waals surface area contributed by atoms with E-state index < -0.39 is 0 Å². The van der Waals surface area contributed by atoms with Gasteiger partial charge in [-0.25, -0.2) is 0 Å². The van der Waals surface area contributed by atoms with Crippen molar-refractivity contribution in [2.75, 3.05) is 11.1 Å². The van der Waals surface area contributed by atoms with Gasteiger partial charge in [0.25, 0.3) is 0 Å². The summed E-state index contributed by atoms with van der Waals surface area (Å²) in [4.78, 5) is 0. The third-order valence-corrected chi connectivity index (χ3v) is 4.17. The molecular formula is C19H24N2O. The Morgan fingerprint density at radius 2 is 1.77 bits per heavy atom. The van der Waals surface area contributed by atoms with Gasteiger partial charge in [0.1, 0.15) is 5.75 Å². The molecule has 0 aromatic heterocycles. The van der Waals surface area contributed by atoms with Gasteiger partial charge in [-0.1, -0.05) is 24.6 Å². The van der Waals surface area contributed by atoms with Crippen molar-refractivity contribution in [2.24, 2.45) is 0 Å². The molecule has 1 aliphatic rings. The van der Waals surface area contributed by atoms with Crippen LogP contribution >= 0.6 is 0 Å². The first-order valence-corrected chi connectivity index (χ1v) is 8.14. The molecule has 2 aromatic rings. The lowest BCUT2D eigenvalue weighted by molar-refractivity contribution is 0.155. The third kappa shape index (κ3) is 4.17. The van der Waals surface area contributed by atoms with Gasteiger partial charge in [-0.2, -0.15) is 0 Å². The Morgan fingerprint density at radius 1 is 1.00 bits per heavy atom. The molecule has 0 aliphatic heterocycles. The highest BCUT2D eigenvalue weighted by Crippen LogP contribution is 2.25. The molecule has 1 aliphatic carbocycles. The van der Waals surface area contributed by atoms with Crippen molar-refractivity contribution in [2.45, 2.75) is 44.8 Å². The molecule has 22 heavy (non-hydrogen) atoms. The summed E-state index contributed by atoms with van der Waals surface area (Å²) in [7, 11) is 0. The van der Waals surface area contributed by atoms with Crippen LogP contribution in [0.2, 0.25) is 0 Å². The molecule has 3 rings (SSSR count). The fourth-order valence-corrected chi connectivity index (χ4v) is 2.89. The van der Waals surface area contributed by atoms with E-state index in [1.807, 2.05) is 36.4 Å². The van der Waals surface area contributed by atoms with Gasteiger partial charge in [-0.15, -0.1) is 0 Å². The Kier molecular flexibility index (Phi) is 4.84. The van der Waals surface area contributed by atoms with Gasteiger partial charge in [0.05, 0.1) is 6.10 Å². The zero-order valence-corrected chi connectivity index (χ0v) is 12.9. The average molecular weight is 296 g/mol. The summed E-state index contributed by atoms with van der Waals surface area (Å²) in [6, 6.07) is 16.2. The number of nitrogens with two attached hydrogens (primary N) is 1. The molecule has 3 nitrogen and oxygen atoms in total. The third-order valence-electron chi connectivity index (χ3n) is 4.17. The Bertz CT molecular complexity index is 589. The number of nitrogens with one attached hydrogen (secondary N) is 1.